The van der Waals surface area contributed by atoms with Crippen molar-refractivity contribution in [1.29, 1.82) is 5.26 Å². The first-order valence-electron chi connectivity index (χ1n) is 13.4. The maximum absolute atomic E-state index is 12.2. The van der Waals surface area contributed by atoms with Crippen molar-refractivity contribution < 1.29 is 4.79 Å². The Morgan fingerprint density at radius 1 is 1.03 bits per heavy atom. The summed E-state index contributed by atoms with van der Waals surface area (Å²) in [5.74, 6) is 1.27. The summed E-state index contributed by atoms with van der Waals surface area (Å²) in [4.78, 5) is 28.0. The molecule has 0 aliphatic carbocycles. The zero-order valence-corrected chi connectivity index (χ0v) is 22.5. The van der Waals surface area contributed by atoms with Gasteiger partial charge in [0.2, 0.25) is 0 Å². The second-order valence-corrected chi connectivity index (χ2v) is 10.4. The molecule has 0 unspecified atom stereocenters. The number of carbonyl (C=O) groups excluding carboxylic acids is 1. The van der Waals surface area contributed by atoms with E-state index in [9.17, 15) is 4.79 Å². The van der Waals surface area contributed by atoms with Crippen LogP contribution < -0.4 is 26.2 Å². The zero-order valence-electron chi connectivity index (χ0n) is 22.5. The van der Waals surface area contributed by atoms with E-state index >= 15 is 0 Å². The molecule has 2 aliphatic rings. The van der Waals surface area contributed by atoms with Gasteiger partial charge < -0.3 is 31.1 Å². The monoisotopic (exact) mass is 525 g/mol. The molecule has 1 aromatic carbocycles. The number of primary amides is 1. The van der Waals surface area contributed by atoms with Crippen LogP contribution in [0.3, 0.4) is 0 Å². The number of piperidine rings is 1. The first kappa shape index (κ1) is 26.3. The number of hydrogen-bond acceptors (Lipinski definition) is 9. The Bertz CT molecular complexity index is 1330. The summed E-state index contributed by atoms with van der Waals surface area (Å²) in [5, 5.41) is 16.0. The number of nitrogens with zero attached hydrogens (tertiary/aromatic N) is 6. The summed E-state index contributed by atoms with van der Waals surface area (Å²) < 4.78 is 0. The standard InChI is InChI=1S/C29H35N9O/c1-20-19-38(28-8-3-21(16-30)17-33-28)10-9-25(20)35-26-15-27(32-18-24(26)29(31)39)34-22-4-6-23(7-5-22)37-13-11-36(2)12-14-37/h3-8,15,17-18,20,25H,9-14,19H2,1-2H3,(H2,31,39)(H2,32,34,35)/t20-,25+/m0/s1. The smallest absolute Gasteiger partial charge is 0.252 e. The number of rotatable bonds is 7. The van der Waals surface area contributed by atoms with E-state index in [4.69, 9.17) is 11.0 Å². The Kier molecular flexibility index (Phi) is 7.79. The number of likely N-dealkylation sites (N-methyl/N-ethyl adjacent to an activating group) is 1. The lowest BCUT2D eigenvalue weighted by Gasteiger charge is -2.38. The summed E-state index contributed by atoms with van der Waals surface area (Å²) in [6.07, 6.45) is 4.00. The predicted octanol–water partition coefficient (Wildman–Crippen LogP) is 3.27. The van der Waals surface area contributed by atoms with Crippen LogP contribution in [0.25, 0.3) is 0 Å². The van der Waals surface area contributed by atoms with E-state index in [1.54, 1.807) is 12.3 Å². The normalized spacial score (nSPS) is 19.8. The lowest BCUT2D eigenvalue weighted by Crippen LogP contribution is -2.45. The lowest BCUT2D eigenvalue weighted by atomic mass is 9.93. The minimum absolute atomic E-state index is 0.149. The van der Waals surface area contributed by atoms with Crippen LogP contribution in [0.1, 0.15) is 29.3 Å². The van der Waals surface area contributed by atoms with Crippen LogP contribution in [0.2, 0.25) is 0 Å². The van der Waals surface area contributed by atoms with Crippen molar-refractivity contribution >= 4 is 34.6 Å². The summed E-state index contributed by atoms with van der Waals surface area (Å²) in [7, 11) is 2.16. The Morgan fingerprint density at radius 3 is 2.44 bits per heavy atom. The summed E-state index contributed by atoms with van der Waals surface area (Å²) in [6, 6.07) is 16.2. The Balaban J connectivity index is 1.25. The number of carbonyl (C=O) groups is 1. The van der Waals surface area contributed by atoms with Gasteiger partial charge in [-0.3, -0.25) is 4.79 Å². The molecule has 0 bridgehead atoms. The van der Waals surface area contributed by atoms with Gasteiger partial charge in [-0.15, -0.1) is 0 Å². The molecular formula is C29H35N9O. The van der Waals surface area contributed by atoms with Crippen molar-refractivity contribution in [1.82, 2.24) is 14.9 Å². The second kappa shape index (κ2) is 11.6. The highest BCUT2D eigenvalue weighted by atomic mass is 16.1. The van der Waals surface area contributed by atoms with Crippen molar-refractivity contribution in [2.45, 2.75) is 19.4 Å². The molecule has 2 aromatic heterocycles. The van der Waals surface area contributed by atoms with Crippen LogP contribution in [-0.4, -0.2) is 73.1 Å². The van der Waals surface area contributed by atoms with E-state index in [2.05, 4.69) is 79.6 Å². The van der Waals surface area contributed by atoms with Gasteiger partial charge >= 0.3 is 0 Å². The maximum atomic E-state index is 12.2. The van der Waals surface area contributed by atoms with Gasteiger partial charge in [0, 0.05) is 75.1 Å². The van der Waals surface area contributed by atoms with Crippen LogP contribution in [0.15, 0.2) is 54.9 Å². The molecule has 1 amide bonds. The molecule has 39 heavy (non-hydrogen) atoms. The predicted molar refractivity (Wildman–Crippen MR) is 155 cm³/mol. The van der Waals surface area contributed by atoms with Gasteiger partial charge in [0.1, 0.15) is 17.7 Å². The molecule has 2 saturated heterocycles. The topological polar surface area (TPSA) is 126 Å². The molecule has 2 aliphatic heterocycles. The second-order valence-electron chi connectivity index (χ2n) is 10.4. The Morgan fingerprint density at radius 2 is 1.79 bits per heavy atom. The summed E-state index contributed by atoms with van der Waals surface area (Å²) >= 11 is 0. The van der Waals surface area contributed by atoms with Crippen LogP contribution >= 0.6 is 0 Å². The maximum Gasteiger partial charge on any atom is 0.252 e. The number of aromatic nitrogens is 2. The molecule has 4 N–H and O–H groups in total. The molecule has 5 rings (SSSR count). The number of hydrogen-bond donors (Lipinski definition) is 3. The van der Waals surface area contributed by atoms with Crippen molar-refractivity contribution in [3.8, 4) is 6.07 Å². The summed E-state index contributed by atoms with van der Waals surface area (Å²) in [5.41, 5.74) is 9.42. The van der Waals surface area contributed by atoms with E-state index in [0.29, 0.717) is 22.6 Å². The number of benzene rings is 1. The molecule has 10 nitrogen and oxygen atoms in total. The van der Waals surface area contributed by atoms with Gasteiger partial charge in [-0.1, -0.05) is 6.92 Å². The highest BCUT2D eigenvalue weighted by molar-refractivity contribution is 5.98. The van der Waals surface area contributed by atoms with E-state index in [1.165, 1.54) is 11.9 Å². The zero-order chi connectivity index (χ0) is 27.4. The molecule has 4 heterocycles. The molecule has 2 atom stereocenters. The van der Waals surface area contributed by atoms with E-state index in [0.717, 1.165) is 57.2 Å². The fourth-order valence-electron chi connectivity index (χ4n) is 5.21. The van der Waals surface area contributed by atoms with Crippen LogP contribution in [0.4, 0.5) is 28.7 Å². The minimum Gasteiger partial charge on any atom is -0.381 e. The molecule has 2 fully saturated rings. The van der Waals surface area contributed by atoms with Gasteiger partial charge in [0.25, 0.3) is 5.91 Å². The van der Waals surface area contributed by atoms with Gasteiger partial charge in [0.15, 0.2) is 0 Å². The third-order valence-corrected chi connectivity index (χ3v) is 7.62. The lowest BCUT2D eigenvalue weighted by molar-refractivity contribution is 0.100. The Labute approximate surface area is 229 Å². The van der Waals surface area contributed by atoms with E-state index < -0.39 is 5.91 Å². The number of nitriles is 1. The minimum atomic E-state index is -0.514. The van der Waals surface area contributed by atoms with Crippen molar-refractivity contribution in [2.75, 3.05) is 66.7 Å². The molecule has 0 saturated carbocycles. The number of pyridine rings is 2. The fraction of sp³-hybridized carbons (Fsp3) is 0.379. The number of anilines is 5. The largest absolute Gasteiger partial charge is 0.381 e. The Hall–Kier alpha value is -4.36. The number of piperazine rings is 1. The van der Waals surface area contributed by atoms with Crippen LogP contribution in [0.5, 0.6) is 0 Å². The van der Waals surface area contributed by atoms with Crippen LogP contribution in [0, 0.1) is 17.2 Å². The van der Waals surface area contributed by atoms with Gasteiger partial charge in [-0.2, -0.15) is 5.26 Å². The van der Waals surface area contributed by atoms with Gasteiger partial charge in [-0.05, 0) is 55.8 Å². The van der Waals surface area contributed by atoms with Crippen molar-refractivity contribution in [3.05, 3.63) is 66.0 Å². The van der Waals surface area contributed by atoms with E-state index in [1.807, 2.05) is 12.1 Å². The first-order chi connectivity index (χ1) is 18.9. The number of nitrogens with one attached hydrogen (secondary N) is 2. The average molecular weight is 526 g/mol. The molecule has 0 spiro atoms. The number of nitrogens with two attached hydrogens (primary N) is 1. The van der Waals surface area contributed by atoms with Crippen LogP contribution in [-0.2, 0) is 0 Å². The highest BCUT2D eigenvalue weighted by Crippen LogP contribution is 2.28. The number of amides is 1. The highest BCUT2D eigenvalue weighted by Gasteiger charge is 2.28. The van der Waals surface area contributed by atoms with Gasteiger partial charge in [0.05, 0.1) is 16.8 Å². The molecule has 10 heteroatoms. The average Bonchev–Trinajstić information content (AvgIpc) is 2.95. The molecule has 0 radical (unpaired) electrons. The summed E-state index contributed by atoms with van der Waals surface area (Å²) in [6.45, 7) is 7.97. The SMILES string of the molecule is C[C@H]1CN(c2ccc(C#N)cn2)CC[C@H]1Nc1cc(Nc2ccc(N3CCN(C)CC3)cc2)ncc1C(N)=O. The third-order valence-electron chi connectivity index (χ3n) is 7.62. The fourth-order valence-corrected chi connectivity index (χ4v) is 5.21. The quantitative estimate of drug-likeness (QED) is 0.426. The molecule has 3 aromatic rings. The molecular weight excluding hydrogens is 490 g/mol. The van der Waals surface area contributed by atoms with Gasteiger partial charge in [-0.25, -0.2) is 9.97 Å². The van der Waals surface area contributed by atoms with Crippen molar-refractivity contribution in [2.24, 2.45) is 11.7 Å². The first-order valence-corrected chi connectivity index (χ1v) is 13.4. The van der Waals surface area contributed by atoms with E-state index in [-0.39, 0.29) is 12.0 Å². The molecule has 202 valence electrons. The van der Waals surface area contributed by atoms with Crippen molar-refractivity contribution in [3.63, 3.8) is 0 Å². The third kappa shape index (κ3) is 6.21.